The lowest BCUT2D eigenvalue weighted by molar-refractivity contribution is 0.0770. The zero-order chi connectivity index (χ0) is 19.6. The molecule has 0 aliphatic heterocycles. The summed E-state index contributed by atoms with van der Waals surface area (Å²) in [6.07, 6.45) is 1.26. The van der Waals surface area contributed by atoms with Crippen LogP contribution in [0.5, 0.6) is 11.5 Å². The van der Waals surface area contributed by atoms with Gasteiger partial charge in [-0.15, -0.1) is 12.4 Å². The quantitative estimate of drug-likeness (QED) is 0.389. The van der Waals surface area contributed by atoms with Gasteiger partial charge in [0.25, 0.3) is 0 Å². The molecule has 0 aliphatic rings. The van der Waals surface area contributed by atoms with E-state index in [1.54, 1.807) is 7.11 Å². The molecule has 0 spiro atoms. The van der Waals surface area contributed by atoms with Crippen LogP contribution in [0, 0.1) is 0 Å². The molecule has 0 heterocycles. The van der Waals surface area contributed by atoms with Crippen LogP contribution in [0.1, 0.15) is 31.4 Å². The van der Waals surface area contributed by atoms with Gasteiger partial charge in [-0.1, -0.05) is 29.8 Å². The van der Waals surface area contributed by atoms with Gasteiger partial charge < -0.3 is 19.5 Å². The van der Waals surface area contributed by atoms with Crippen LogP contribution >= 0.6 is 39.9 Å². The standard InChI is InChI=1S/C21H27BrClNO3.ClH/c1-15(2)26-10-6-9-24-13-16-11-18(22)21(20(12-16)25-3)27-14-17-7-4-5-8-19(17)23;/h4-5,7-8,11-12,15,24H,6,9-10,13-14H2,1-3H3;1H. The third kappa shape index (κ3) is 8.18. The molecule has 0 bridgehead atoms. The SMILES string of the molecule is COc1cc(CNCCCOC(C)C)cc(Br)c1OCc1ccccc1Cl.Cl. The summed E-state index contributed by atoms with van der Waals surface area (Å²) < 4.78 is 17.9. The van der Waals surface area contributed by atoms with Crippen molar-refractivity contribution in [1.82, 2.24) is 5.32 Å². The monoisotopic (exact) mass is 491 g/mol. The van der Waals surface area contributed by atoms with Crippen LogP contribution in [0.25, 0.3) is 0 Å². The zero-order valence-corrected chi connectivity index (χ0v) is 19.6. The normalized spacial score (nSPS) is 10.6. The van der Waals surface area contributed by atoms with E-state index < -0.39 is 0 Å². The third-order valence-electron chi connectivity index (χ3n) is 3.90. The van der Waals surface area contributed by atoms with Gasteiger partial charge in [-0.25, -0.2) is 0 Å². The Kier molecular flexibility index (Phi) is 11.9. The van der Waals surface area contributed by atoms with Crippen LogP contribution in [0.15, 0.2) is 40.9 Å². The molecule has 0 saturated heterocycles. The van der Waals surface area contributed by atoms with Gasteiger partial charge in [0, 0.05) is 23.7 Å². The Morgan fingerprint density at radius 2 is 1.93 bits per heavy atom. The van der Waals surface area contributed by atoms with Crippen molar-refractivity contribution in [2.75, 3.05) is 20.3 Å². The Balaban J connectivity index is 0.00000392. The van der Waals surface area contributed by atoms with Crippen molar-refractivity contribution in [3.63, 3.8) is 0 Å². The first-order valence-electron chi connectivity index (χ1n) is 9.06. The van der Waals surface area contributed by atoms with E-state index in [4.69, 9.17) is 25.8 Å². The minimum atomic E-state index is 0. The van der Waals surface area contributed by atoms with E-state index in [9.17, 15) is 0 Å². The lowest BCUT2D eigenvalue weighted by atomic mass is 10.2. The zero-order valence-electron chi connectivity index (χ0n) is 16.5. The average Bonchev–Trinajstić information content (AvgIpc) is 2.64. The molecular formula is C21H28BrCl2NO3. The van der Waals surface area contributed by atoms with Gasteiger partial charge in [0.2, 0.25) is 0 Å². The molecular weight excluding hydrogens is 465 g/mol. The maximum absolute atomic E-state index is 6.20. The summed E-state index contributed by atoms with van der Waals surface area (Å²) in [6, 6.07) is 11.7. The van der Waals surface area contributed by atoms with E-state index in [1.807, 2.05) is 50.2 Å². The average molecular weight is 493 g/mol. The van der Waals surface area contributed by atoms with E-state index in [2.05, 4.69) is 21.2 Å². The molecule has 0 saturated carbocycles. The lowest BCUT2D eigenvalue weighted by Crippen LogP contribution is -2.17. The van der Waals surface area contributed by atoms with Crippen molar-refractivity contribution >= 4 is 39.9 Å². The second kappa shape index (κ2) is 13.3. The van der Waals surface area contributed by atoms with Gasteiger partial charge in [-0.05, 0) is 66.5 Å². The van der Waals surface area contributed by atoms with E-state index in [0.29, 0.717) is 23.1 Å². The van der Waals surface area contributed by atoms with E-state index in [1.165, 1.54) is 0 Å². The number of benzene rings is 2. The molecule has 28 heavy (non-hydrogen) atoms. The topological polar surface area (TPSA) is 39.7 Å². The molecule has 4 nitrogen and oxygen atoms in total. The highest BCUT2D eigenvalue weighted by Crippen LogP contribution is 2.37. The Hall–Kier alpha value is -0.980. The lowest BCUT2D eigenvalue weighted by Gasteiger charge is -2.15. The first kappa shape index (κ1) is 25.1. The van der Waals surface area contributed by atoms with Gasteiger partial charge in [0.05, 0.1) is 17.7 Å². The van der Waals surface area contributed by atoms with Gasteiger partial charge in [0.1, 0.15) is 6.61 Å². The van der Waals surface area contributed by atoms with Crippen LogP contribution < -0.4 is 14.8 Å². The van der Waals surface area contributed by atoms with Crippen molar-refractivity contribution in [1.29, 1.82) is 0 Å². The van der Waals surface area contributed by atoms with Crippen LogP contribution in [0.2, 0.25) is 5.02 Å². The largest absolute Gasteiger partial charge is 0.493 e. The summed E-state index contributed by atoms with van der Waals surface area (Å²) in [5.41, 5.74) is 2.05. The van der Waals surface area contributed by atoms with Crippen molar-refractivity contribution in [2.45, 2.75) is 39.5 Å². The van der Waals surface area contributed by atoms with Crippen molar-refractivity contribution in [3.8, 4) is 11.5 Å². The second-order valence-electron chi connectivity index (χ2n) is 6.44. The molecule has 7 heteroatoms. The van der Waals surface area contributed by atoms with E-state index in [-0.39, 0.29) is 18.5 Å². The summed E-state index contributed by atoms with van der Waals surface area (Å²) in [6.45, 7) is 6.90. The fourth-order valence-electron chi connectivity index (χ4n) is 2.53. The number of hydrogen-bond donors (Lipinski definition) is 1. The molecule has 0 aliphatic carbocycles. The van der Waals surface area contributed by atoms with Crippen LogP contribution in [-0.2, 0) is 17.9 Å². The summed E-state index contributed by atoms with van der Waals surface area (Å²) in [5, 5.41) is 4.11. The number of rotatable bonds is 11. The summed E-state index contributed by atoms with van der Waals surface area (Å²) in [5.74, 6) is 1.36. The molecule has 0 aromatic heterocycles. The maximum atomic E-state index is 6.20. The fraction of sp³-hybridized carbons (Fsp3) is 0.429. The molecule has 2 aromatic carbocycles. The molecule has 0 radical (unpaired) electrons. The molecule has 2 rings (SSSR count). The minimum Gasteiger partial charge on any atom is -0.493 e. The minimum absolute atomic E-state index is 0. The third-order valence-corrected chi connectivity index (χ3v) is 4.86. The van der Waals surface area contributed by atoms with Gasteiger partial charge in [-0.3, -0.25) is 0 Å². The predicted octanol–water partition coefficient (Wildman–Crippen LogP) is 6.02. The molecule has 0 unspecified atom stereocenters. The first-order chi connectivity index (χ1) is 13.0. The number of hydrogen-bond acceptors (Lipinski definition) is 4. The highest BCUT2D eigenvalue weighted by Gasteiger charge is 2.12. The van der Waals surface area contributed by atoms with Crippen LogP contribution in [0.3, 0.4) is 0 Å². The Morgan fingerprint density at radius 3 is 2.61 bits per heavy atom. The summed E-state index contributed by atoms with van der Waals surface area (Å²) in [7, 11) is 1.64. The highest BCUT2D eigenvalue weighted by atomic mass is 79.9. The molecule has 1 N–H and O–H groups in total. The molecule has 0 atom stereocenters. The van der Waals surface area contributed by atoms with Crippen molar-refractivity contribution < 1.29 is 14.2 Å². The number of nitrogens with one attached hydrogen (secondary N) is 1. The summed E-state index contributed by atoms with van der Waals surface area (Å²) >= 11 is 9.79. The molecule has 0 amide bonds. The molecule has 0 fully saturated rings. The van der Waals surface area contributed by atoms with Crippen molar-refractivity contribution in [3.05, 3.63) is 57.0 Å². The molecule has 156 valence electrons. The second-order valence-corrected chi connectivity index (χ2v) is 7.70. The number of halogens is 3. The highest BCUT2D eigenvalue weighted by molar-refractivity contribution is 9.10. The Morgan fingerprint density at radius 1 is 1.18 bits per heavy atom. The number of ether oxygens (including phenoxy) is 3. The van der Waals surface area contributed by atoms with Crippen LogP contribution in [-0.4, -0.2) is 26.4 Å². The predicted molar refractivity (Wildman–Crippen MR) is 121 cm³/mol. The van der Waals surface area contributed by atoms with E-state index in [0.717, 1.165) is 41.7 Å². The Labute approximate surface area is 187 Å². The molecule has 2 aromatic rings. The summed E-state index contributed by atoms with van der Waals surface area (Å²) in [4.78, 5) is 0. The first-order valence-corrected chi connectivity index (χ1v) is 10.2. The Bertz CT molecular complexity index is 729. The number of methoxy groups -OCH3 is 1. The van der Waals surface area contributed by atoms with Crippen LogP contribution in [0.4, 0.5) is 0 Å². The van der Waals surface area contributed by atoms with E-state index >= 15 is 0 Å². The van der Waals surface area contributed by atoms with Gasteiger partial charge >= 0.3 is 0 Å². The van der Waals surface area contributed by atoms with Gasteiger partial charge in [0.15, 0.2) is 11.5 Å². The van der Waals surface area contributed by atoms with Crippen molar-refractivity contribution in [2.24, 2.45) is 0 Å². The van der Waals surface area contributed by atoms with Gasteiger partial charge in [-0.2, -0.15) is 0 Å². The smallest absolute Gasteiger partial charge is 0.175 e. The maximum Gasteiger partial charge on any atom is 0.175 e. The fourth-order valence-corrected chi connectivity index (χ4v) is 3.32.